The van der Waals surface area contributed by atoms with Gasteiger partial charge in [0.05, 0.1) is 5.60 Å². The molecular weight excluding hydrogens is 262 g/mol. The lowest BCUT2D eigenvalue weighted by Gasteiger charge is -2.35. The highest BCUT2D eigenvalue weighted by atomic mass is 16.3. The largest absolute Gasteiger partial charge is 0.389 e. The van der Waals surface area contributed by atoms with Crippen molar-refractivity contribution in [3.63, 3.8) is 0 Å². The van der Waals surface area contributed by atoms with Crippen LogP contribution in [0, 0.1) is 13.8 Å². The van der Waals surface area contributed by atoms with Crippen LogP contribution in [-0.4, -0.2) is 45.2 Å². The number of hydrogen-bond donors (Lipinski definition) is 1. The third-order valence-corrected chi connectivity index (χ3v) is 4.94. The Labute approximate surface area is 127 Å². The van der Waals surface area contributed by atoms with Crippen LogP contribution in [0.15, 0.2) is 6.07 Å². The van der Waals surface area contributed by atoms with Crippen LogP contribution >= 0.6 is 0 Å². The van der Waals surface area contributed by atoms with Crippen molar-refractivity contribution < 1.29 is 5.11 Å². The molecule has 3 rings (SSSR count). The second-order valence-corrected chi connectivity index (χ2v) is 7.01. The fourth-order valence-corrected chi connectivity index (χ4v) is 3.91. The van der Waals surface area contributed by atoms with Gasteiger partial charge in [-0.2, -0.15) is 0 Å². The summed E-state index contributed by atoms with van der Waals surface area (Å²) in [6.07, 6.45) is 6.67. The fourth-order valence-electron chi connectivity index (χ4n) is 3.91. The van der Waals surface area contributed by atoms with E-state index < -0.39 is 5.60 Å². The molecule has 2 fully saturated rings. The van der Waals surface area contributed by atoms with Crippen molar-refractivity contribution in [2.24, 2.45) is 0 Å². The molecule has 1 aromatic rings. The lowest BCUT2D eigenvalue weighted by molar-refractivity contribution is -0.0216. The predicted molar refractivity (Wildman–Crippen MR) is 83.3 cm³/mol. The number of likely N-dealkylation sites (tertiary alicyclic amines) is 1. The SMILES string of the molecule is Cc1cc(C)nc([C@H]2CCN(CC3(O)CCCCC3)C2)n1. The molecule has 0 radical (unpaired) electrons. The summed E-state index contributed by atoms with van der Waals surface area (Å²) in [5.74, 6) is 1.42. The molecule has 0 bridgehead atoms. The summed E-state index contributed by atoms with van der Waals surface area (Å²) >= 11 is 0. The molecule has 4 heteroatoms. The molecule has 1 aliphatic carbocycles. The van der Waals surface area contributed by atoms with Crippen LogP contribution in [0.3, 0.4) is 0 Å². The molecule has 2 aliphatic rings. The highest BCUT2D eigenvalue weighted by molar-refractivity contribution is 5.12. The fraction of sp³-hybridized carbons (Fsp3) is 0.765. The average Bonchev–Trinajstić information content (AvgIpc) is 2.86. The average molecular weight is 289 g/mol. The van der Waals surface area contributed by atoms with E-state index in [1.165, 1.54) is 19.3 Å². The molecule has 0 spiro atoms. The third kappa shape index (κ3) is 3.61. The third-order valence-electron chi connectivity index (χ3n) is 4.94. The van der Waals surface area contributed by atoms with Crippen LogP contribution in [0.5, 0.6) is 0 Å². The molecule has 0 amide bonds. The topological polar surface area (TPSA) is 49.2 Å². The number of aliphatic hydroxyl groups is 1. The van der Waals surface area contributed by atoms with E-state index in [2.05, 4.69) is 14.9 Å². The Kier molecular flexibility index (Phi) is 4.27. The number of nitrogens with zero attached hydrogens (tertiary/aromatic N) is 3. The van der Waals surface area contributed by atoms with Gasteiger partial charge in [-0.05, 0) is 45.7 Å². The Morgan fingerprint density at radius 3 is 2.52 bits per heavy atom. The lowest BCUT2D eigenvalue weighted by atomic mass is 9.84. The maximum atomic E-state index is 10.7. The molecule has 116 valence electrons. The Balaban J connectivity index is 1.62. The molecule has 1 N–H and O–H groups in total. The van der Waals surface area contributed by atoms with Crippen LogP contribution in [0.4, 0.5) is 0 Å². The van der Waals surface area contributed by atoms with Crippen molar-refractivity contribution in [1.29, 1.82) is 0 Å². The van der Waals surface area contributed by atoms with Crippen molar-refractivity contribution in [1.82, 2.24) is 14.9 Å². The van der Waals surface area contributed by atoms with Gasteiger partial charge in [-0.3, -0.25) is 4.90 Å². The Morgan fingerprint density at radius 1 is 1.19 bits per heavy atom. The lowest BCUT2D eigenvalue weighted by Crippen LogP contribution is -2.43. The molecule has 1 atom stereocenters. The van der Waals surface area contributed by atoms with E-state index in [-0.39, 0.29) is 0 Å². The summed E-state index contributed by atoms with van der Waals surface area (Å²) in [5, 5.41) is 10.7. The van der Waals surface area contributed by atoms with Crippen LogP contribution in [0.1, 0.15) is 61.7 Å². The zero-order valence-corrected chi connectivity index (χ0v) is 13.3. The van der Waals surface area contributed by atoms with E-state index in [9.17, 15) is 5.11 Å². The van der Waals surface area contributed by atoms with Gasteiger partial charge in [0.1, 0.15) is 5.82 Å². The van der Waals surface area contributed by atoms with Gasteiger partial charge in [-0.25, -0.2) is 9.97 Å². The predicted octanol–water partition coefficient (Wildman–Crippen LogP) is 2.58. The molecule has 1 aliphatic heterocycles. The molecule has 1 aromatic heterocycles. The monoisotopic (exact) mass is 289 g/mol. The number of hydrogen-bond acceptors (Lipinski definition) is 4. The van der Waals surface area contributed by atoms with Gasteiger partial charge in [-0.1, -0.05) is 19.3 Å². The summed E-state index contributed by atoms with van der Waals surface area (Å²) in [7, 11) is 0. The molecule has 1 saturated carbocycles. The van der Waals surface area contributed by atoms with E-state index in [0.29, 0.717) is 5.92 Å². The van der Waals surface area contributed by atoms with E-state index in [1.807, 2.05) is 19.9 Å². The van der Waals surface area contributed by atoms with Gasteiger partial charge in [0, 0.05) is 30.4 Å². The summed E-state index contributed by atoms with van der Waals surface area (Å²) in [6, 6.07) is 2.03. The maximum absolute atomic E-state index is 10.7. The summed E-state index contributed by atoms with van der Waals surface area (Å²) in [6.45, 7) is 6.95. The zero-order chi connectivity index (χ0) is 14.9. The highest BCUT2D eigenvalue weighted by Crippen LogP contribution is 2.32. The first kappa shape index (κ1) is 14.9. The van der Waals surface area contributed by atoms with Crippen molar-refractivity contribution in [3.05, 3.63) is 23.3 Å². The molecular formula is C17H27N3O. The number of β-amino-alcohol motifs (C(OH)–C–C–N with tert-alkyl or cyclic N) is 1. The van der Waals surface area contributed by atoms with Crippen LogP contribution in [-0.2, 0) is 0 Å². The molecule has 21 heavy (non-hydrogen) atoms. The quantitative estimate of drug-likeness (QED) is 0.929. The Bertz CT molecular complexity index is 477. The van der Waals surface area contributed by atoms with E-state index in [0.717, 1.165) is 56.1 Å². The number of aryl methyl sites for hydroxylation is 2. The standard InChI is InChI=1S/C17H27N3O/c1-13-10-14(2)19-16(18-13)15-6-9-20(11-15)12-17(21)7-4-3-5-8-17/h10,15,21H,3-9,11-12H2,1-2H3/t15-/m0/s1. The van der Waals surface area contributed by atoms with Crippen molar-refractivity contribution >= 4 is 0 Å². The first-order chi connectivity index (χ1) is 10.0. The summed E-state index contributed by atoms with van der Waals surface area (Å²) in [4.78, 5) is 11.6. The number of rotatable bonds is 3. The van der Waals surface area contributed by atoms with Crippen LogP contribution in [0.25, 0.3) is 0 Å². The van der Waals surface area contributed by atoms with Gasteiger partial charge >= 0.3 is 0 Å². The van der Waals surface area contributed by atoms with E-state index >= 15 is 0 Å². The van der Waals surface area contributed by atoms with Crippen LogP contribution in [0.2, 0.25) is 0 Å². The minimum atomic E-state index is -0.448. The molecule has 0 aromatic carbocycles. The maximum Gasteiger partial charge on any atom is 0.133 e. The molecule has 0 unspecified atom stereocenters. The second-order valence-electron chi connectivity index (χ2n) is 7.01. The molecule has 1 saturated heterocycles. The van der Waals surface area contributed by atoms with Gasteiger partial charge in [0.15, 0.2) is 0 Å². The minimum absolute atomic E-state index is 0.427. The molecule has 4 nitrogen and oxygen atoms in total. The van der Waals surface area contributed by atoms with Crippen molar-refractivity contribution in [2.75, 3.05) is 19.6 Å². The smallest absolute Gasteiger partial charge is 0.133 e. The van der Waals surface area contributed by atoms with E-state index in [4.69, 9.17) is 0 Å². The summed E-state index contributed by atoms with van der Waals surface area (Å²) in [5.41, 5.74) is 1.67. The first-order valence-corrected chi connectivity index (χ1v) is 8.31. The van der Waals surface area contributed by atoms with Gasteiger partial charge in [-0.15, -0.1) is 0 Å². The van der Waals surface area contributed by atoms with E-state index in [1.54, 1.807) is 0 Å². The van der Waals surface area contributed by atoms with Crippen LogP contribution < -0.4 is 0 Å². The van der Waals surface area contributed by atoms with Gasteiger partial charge < -0.3 is 5.11 Å². The second kappa shape index (κ2) is 6.01. The minimum Gasteiger partial charge on any atom is -0.389 e. The molecule has 2 heterocycles. The Morgan fingerprint density at radius 2 is 1.86 bits per heavy atom. The highest BCUT2D eigenvalue weighted by Gasteiger charge is 2.35. The first-order valence-electron chi connectivity index (χ1n) is 8.31. The Hall–Kier alpha value is -1.00. The van der Waals surface area contributed by atoms with Gasteiger partial charge in [0.25, 0.3) is 0 Å². The van der Waals surface area contributed by atoms with Crippen molar-refractivity contribution in [2.45, 2.75) is 63.9 Å². The zero-order valence-electron chi connectivity index (χ0n) is 13.3. The van der Waals surface area contributed by atoms with Gasteiger partial charge in [0.2, 0.25) is 0 Å². The number of aromatic nitrogens is 2. The summed E-state index contributed by atoms with van der Waals surface area (Å²) < 4.78 is 0. The van der Waals surface area contributed by atoms with Crippen molar-refractivity contribution in [3.8, 4) is 0 Å². The normalized spacial score (nSPS) is 26.1.